The van der Waals surface area contributed by atoms with Crippen LogP contribution in [0.3, 0.4) is 0 Å². The molecule has 1 aliphatic heterocycles. The van der Waals surface area contributed by atoms with Crippen molar-refractivity contribution in [1.29, 1.82) is 0 Å². The van der Waals surface area contributed by atoms with Crippen molar-refractivity contribution in [3.63, 3.8) is 0 Å². The van der Waals surface area contributed by atoms with E-state index in [1.54, 1.807) is 19.1 Å². The Kier molecular flexibility index (Phi) is 4.17. The van der Waals surface area contributed by atoms with E-state index in [2.05, 4.69) is 10.6 Å². The highest BCUT2D eigenvalue weighted by Gasteiger charge is 2.25. The Morgan fingerprint density at radius 3 is 2.83 bits per heavy atom. The number of carbonyl (C=O) groups is 1. The van der Waals surface area contributed by atoms with Gasteiger partial charge in [-0.15, -0.1) is 0 Å². The number of nitrogens with zero attached hydrogens (tertiary/aromatic N) is 1. The molecule has 1 saturated heterocycles. The highest BCUT2D eigenvalue weighted by molar-refractivity contribution is 5.98. The lowest BCUT2D eigenvalue weighted by Gasteiger charge is -2.28. The van der Waals surface area contributed by atoms with Crippen molar-refractivity contribution >= 4 is 11.6 Å². The molecule has 5 heteroatoms. The van der Waals surface area contributed by atoms with Crippen LogP contribution in [0.5, 0.6) is 5.75 Å². The zero-order valence-electron chi connectivity index (χ0n) is 10.8. The number of hydrogen-bond acceptors (Lipinski definition) is 4. The summed E-state index contributed by atoms with van der Waals surface area (Å²) in [4.78, 5) is 14.0. The summed E-state index contributed by atoms with van der Waals surface area (Å²) in [6, 6.07) is 7.35. The fourth-order valence-electron chi connectivity index (χ4n) is 2.09. The molecule has 1 heterocycles. The second kappa shape index (κ2) is 5.84. The second-order valence-electron chi connectivity index (χ2n) is 4.28. The predicted molar refractivity (Wildman–Crippen MR) is 71.1 cm³/mol. The molecule has 1 fully saturated rings. The van der Waals surface area contributed by atoms with Gasteiger partial charge in [-0.1, -0.05) is 12.1 Å². The number of likely N-dealkylation sites (N-methyl/N-ethyl adjacent to an activating group) is 1. The normalized spacial score (nSPS) is 19.3. The quantitative estimate of drug-likeness (QED) is 0.804. The van der Waals surface area contributed by atoms with Crippen LogP contribution in [0.25, 0.3) is 0 Å². The second-order valence-corrected chi connectivity index (χ2v) is 4.28. The minimum Gasteiger partial charge on any atom is -0.495 e. The first kappa shape index (κ1) is 12.9. The van der Waals surface area contributed by atoms with Crippen LogP contribution < -0.4 is 20.3 Å². The maximum absolute atomic E-state index is 12.3. The molecule has 0 bridgehead atoms. The number of hydrogen-bond donors (Lipinski definition) is 2. The van der Waals surface area contributed by atoms with Gasteiger partial charge in [0.05, 0.1) is 18.8 Å². The lowest BCUT2D eigenvalue weighted by molar-refractivity contribution is -0.120. The van der Waals surface area contributed by atoms with Gasteiger partial charge in [-0.25, -0.2) is 0 Å². The van der Waals surface area contributed by atoms with Crippen molar-refractivity contribution in [2.45, 2.75) is 6.04 Å². The van der Waals surface area contributed by atoms with Gasteiger partial charge in [-0.05, 0) is 12.1 Å². The number of carbonyl (C=O) groups excluding carboxylic acids is 1. The minimum absolute atomic E-state index is 0.0479. The van der Waals surface area contributed by atoms with Crippen molar-refractivity contribution in [3.05, 3.63) is 24.3 Å². The fourth-order valence-corrected chi connectivity index (χ4v) is 2.09. The summed E-state index contributed by atoms with van der Waals surface area (Å²) in [5.41, 5.74) is 0.789. The summed E-state index contributed by atoms with van der Waals surface area (Å²) >= 11 is 0. The van der Waals surface area contributed by atoms with Gasteiger partial charge in [0.25, 0.3) is 0 Å². The molecule has 1 unspecified atom stereocenters. The number of amides is 1. The monoisotopic (exact) mass is 249 g/mol. The molecule has 0 radical (unpaired) electrons. The van der Waals surface area contributed by atoms with Crippen LogP contribution >= 0.6 is 0 Å². The first-order valence-electron chi connectivity index (χ1n) is 6.08. The van der Waals surface area contributed by atoms with Gasteiger partial charge in [0.2, 0.25) is 5.91 Å². The Labute approximate surface area is 107 Å². The van der Waals surface area contributed by atoms with Gasteiger partial charge >= 0.3 is 0 Å². The molecular weight excluding hydrogens is 230 g/mol. The Morgan fingerprint density at radius 2 is 2.17 bits per heavy atom. The zero-order valence-corrected chi connectivity index (χ0v) is 10.8. The average molecular weight is 249 g/mol. The van der Waals surface area contributed by atoms with Crippen molar-refractivity contribution in [1.82, 2.24) is 10.6 Å². The molecule has 1 atom stereocenters. The molecule has 0 saturated carbocycles. The van der Waals surface area contributed by atoms with Gasteiger partial charge in [0.15, 0.2) is 0 Å². The van der Waals surface area contributed by atoms with Gasteiger partial charge in [-0.2, -0.15) is 0 Å². The highest BCUT2D eigenvalue weighted by Crippen LogP contribution is 2.26. The van der Waals surface area contributed by atoms with Crippen LogP contribution in [0.2, 0.25) is 0 Å². The molecule has 1 amide bonds. The summed E-state index contributed by atoms with van der Waals surface area (Å²) in [6.45, 7) is 2.39. The summed E-state index contributed by atoms with van der Waals surface area (Å²) in [5.74, 6) is 0.754. The van der Waals surface area contributed by atoms with E-state index in [1.165, 1.54) is 0 Å². The van der Waals surface area contributed by atoms with Crippen LogP contribution in [-0.2, 0) is 4.79 Å². The number of benzene rings is 1. The van der Waals surface area contributed by atoms with Crippen LogP contribution in [0.4, 0.5) is 5.69 Å². The first-order chi connectivity index (χ1) is 8.74. The number of piperazine rings is 1. The van der Waals surface area contributed by atoms with Gasteiger partial charge < -0.3 is 20.3 Å². The third-order valence-electron chi connectivity index (χ3n) is 3.12. The molecule has 1 aromatic rings. The number of rotatable bonds is 3. The van der Waals surface area contributed by atoms with E-state index >= 15 is 0 Å². The van der Waals surface area contributed by atoms with E-state index in [1.807, 2.05) is 24.3 Å². The van der Waals surface area contributed by atoms with E-state index in [0.29, 0.717) is 12.3 Å². The van der Waals surface area contributed by atoms with E-state index in [0.717, 1.165) is 18.8 Å². The number of anilines is 1. The smallest absolute Gasteiger partial charge is 0.245 e. The number of methoxy groups -OCH3 is 1. The lowest BCUT2D eigenvalue weighted by atomic mass is 10.2. The Hall–Kier alpha value is -1.59. The molecule has 0 aliphatic carbocycles. The zero-order chi connectivity index (χ0) is 13.0. The Bertz CT molecular complexity index is 416. The third kappa shape index (κ3) is 2.63. The van der Waals surface area contributed by atoms with Crippen molar-refractivity contribution in [3.8, 4) is 5.75 Å². The van der Waals surface area contributed by atoms with Crippen molar-refractivity contribution in [2.75, 3.05) is 38.7 Å². The number of para-hydroxylation sites is 2. The van der Waals surface area contributed by atoms with E-state index in [-0.39, 0.29) is 11.9 Å². The van der Waals surface area contributed by atoms with Gasteiger partial charge in [0, 0.05) is 26.7 Å². The third-order valence-corrected chi connectivity index (χ3v) is 3.12. The first-order valence-corrected chi connectivity index (χ1v) is 6.08. The number of nitrogens with one attached hydrogen (secondary N) is 2. The topological polar surface area (TPSA) is 53.6 Å². The standard InChI is InChI=1S/C13H19N3O2/c1-16(11-5-3-4-6-12(11)18-2)13(17)10-9-14-7-8-15-10/h3-6,10,14-15H,7-9H2,1-2H3. The van der Waals surface area contributed by atoms with Crippen LogP contribution in [0.15, 0.2) is 24.3 Å². The summed E-state index contributed by atoms with van der Waals surface area (Å²) in [5, 5.41) is 6.42. The van der Waals surface area contributed by atoms with Crippen LogP contribution in [0.1, 0.15) is 0 Å². The van der Waals surface area contributed by atoms with Crippen molar-refractivity contribution < 1.29 is 9.53 Å². The highest BCUT2D eigenvalue weighted by atomic mass is 16.5. The van der Waals surface area contributed by atoms with Crippen LogP contribution in [-0.4, -0.2) is 45.7 Å². The molecule has 2 rings (SSSR count). The number of ether oxygens (including phenoxy) is 1. The molecule has 0 aromatic heterocycles. The van der Waals surface area contributed by atoms with E-state index in [9.17, 15) is 4.79 Å². The molecule has 1 aromatic carbocycles. The fraction of sp³-hybridized carbons (Fsp3) is 0.462. The molecule has 2 N–H and O–H groups in total. The average Bonchev–Trinajstić information content (AvgIpc) is 2.46. The molecular formula is C13H19N3O2. The maximum atomic E-state index is 12.3. The molecule has 18 heavy (non-hydrogen) atoms. The molecule has 1 aliphatic rings. The van der Waals surface area contributed by atoms with E-state index < -0.39 is 0 Å². The lowest BCUT2D eigenvalue weighted by Crippen LogP contribution is -2.56. The SMILES string of the molecule is COc1ccccc1N(C)C(=O)C1CNCCN1. The minimum atomic E-state index is -0.173. The molecule has 5 nitrogen and oxygen atoms in total. The molecule has 0 spiro atoms. The maximum Gasteiger partial charge on any atom is 0.245 e. The van der Waals surface area contributed by atoms with Crippen molar-refractivity contribution in [2.24, 2.45) is 0 Å². The largest absolute Gasteiger partial charge is 0.495 e. The summed E-state index contributed by atoms with van der Waals surface area (Å²) < 4.78 is 5.27. The van der Waals surface area contributed by atoms with Gasteiger partial charge in [0.1, 0.15) is 5.75 Å². The van der Waals surface area contributed by atoms with Crippen LogP contribution in [0, 0.1) is 0 Å². The summed E-state index contributed by atoms with van der Waals surface area (Å²) in [6.07, 6.45) is 0. The Morgan fingerprint density at radius 1 is 1.39 bits per heavy atom. The van der Waals surface area contributed by atoms with Gasteiger partial charge in [-0.3, -0.25) is 4.79 Å². The van der Waals surface area contributed by atoms with E-state index in [4.69, 9.17) is 4.74 Å². The predicted octanol–water partition coefficient (Wildman–Crippen LogP) is 0.219. The Balaban J connectivity index is 2.14. The summed E-state index contributed by atoms with van der Waals surface area (Å²) in [7, 11) is 3.38. The molecule has 98 valence electrons.